The predicted octanol–water partition coefficient (Wildman–Crippen LogP) is 4.35. The van der Waals surface area contributed by atoms with E-state index in [0.717, 1.165) is 30.0 Å². The maximum atomic E-state index is 8.12. The number of nitrogens with one attached hydrogen (secondary N) is 3. The Labute approximate surface area is 127 Å². The van der Waals surface area contributed by atoms with Gasteiger partial charge in [-0.15, -0.1) is 0 Å². The zero-order valence-corrected chi connectivity index (χ0v) is 13.3. The summed E-state index contributed by atoms with van der Waals surface area (Å²) < 4.78 is 0. The van der Waals surface area contributed by atoms with Crippen LogP contribution in [0.5, 0.6) is 0 Å². The van der Waals surface area contributed by atoms with Crippen LogP contribution in [0.15, 0.2) is 24.3 Å². The molecule has 1 aromatic heterocycles. The van der Waals surface area contributed by atoms with Crippen LogP contribution in [-0.2, 0) is 0 Å². The smallest absolute Gasteiger partial charge is 0.135 e. The molecule has 0 fully saturated rings. The van der Waals surface area contributed by atoms with Gasteiger partial charge in [0.05, 0.1) is 5.71 Å². The number of allylic oxidation sites excluding steroid dienone is 2. The largest absolute Gasteiger partial charge is 0.370 e. The third kappa shape index (κ3) is 6.34. The number of nitrogens with zero attached hydrogens (tertiary/aromatic N) is 1. The van der Waals surface area contributed by atoms with Crippen LogP contribution in [0.25, 0.3) is 0 Å². The fourth-order valence-corrected chi connectivity index (χ4v) is 1.97. The van der Waals surface area contributed by atoms with Gasteiger partial charge in [0.1, 0.15) is 5.82 Å². The molecule has 114 valence electrons. The molecule has 0 bridgehead atoms. The summed E-state index contributed by atoms with van der Waals surface area (Å²) in [5.74, 6) is 0.767. The lowest BCUT2D eigenvalue weighted by Crippen LogP contribution is -2.10. The monoisotopic (exact) mass is 286 g/mol. The first-order chi connectivity index (χ1) is 10.0. The van der Waals surface area contributed by atoms with Crippen LogP contribution in [0.4, 0.5) is 5.82 Å². The quantitative estimate of drug-likeness (QED) is 0.466. The minimum absolute atomic E-state index is 0.380. The lowest BCUT2D eigenvalue weighted by molar-refractivity contribution is 0.684. The van der Waals surface area contributed by atoms with E-state index < -0.39 is 0 Å². The van der Waals surface area contributed by atoms with Crippen molar-refractivity contribution in [1.29, 1.82) is 10.8 Å². The van der Waals surface area contributed by atoms with Gasteiger partial charge in [-0.1, -0.05) is 26.2 Å². The first kappa shape index (κ1) is 17.1. The summed E-state index contributed by atoms with van der Waals surface area (Å²) in [6.07, 6.45) is 8.10. The van der Waals surface area contributed by atoms with Crippen molar-refractivity contribution in [2.75, 3.05) is 11.9 Å². The molecule has 0 amide bonds. The van der Waals surface area contributed by atoms with Gasteiger partial charge < -0.3 is 16.1 Å². The van der Waals surface area contributed by atoms with Gasteiger partial charge in [0, 0.05) is 23.5 Å². The number of rotatable bonds is 9. The lowest BCUT2D eigenvalue weighted by Gasteiger charge is -2.11. The van der Waals surface area contributed by atoms with Crippen molar-refractivity contribution < 1.29 is 0 Å². The Bertz CT molecular complexity index is 518. The van der Waals surface area contributed by atoms with Crippen LogP contribution in [0.1, 0.15) is 50.8 Å². The minimum Gasteiger partial charge on any atom is -0.370 e. The zero-order valence-electron chi connectivity index (χ0n) is 13.3. The molecule has 0 radical (unpaired) electrons. The summed E-state index contributed by atoms with van der Waals surface area (Å²) in [6, 6.07) is 3.83. The van der Waals surface area contributed by atoms with E-state index in [-0.39, 0.29) is 0 Å². The Hall–Kier alpha value is -1.97. The molecule has 3 N–H and O–H groups in total. The third-order valence-corrected chi connectivity index (χ3v) is 3.15. The number of hydrogen-bond acceptors (Lipinski definition) is 4. The van der Waals surface area contributed by atoms with E-state index in [9.17, 15) is 0 Å². The van der Waals surface area contributed by atoms with Crippen LogP contribution in [-0.4, -0.2) is 23.0 Å². The van der Waals surface area contributed by atoms with E-state index in [4.69, 9.17) is 10.8 Å². The molecular weight excluding hydrogens is 260 g/mol. The van der Waals surface area contributed by atoms with Crippen LogP contribution >= 0.6 is 0 Å². The second kappa shape index (κ2) is 9.06. The summed E-state index contributed by atoms with van der Waals surface area (Å²) in [7, 11) is 0. The molecule has 21 heavy (non-hydrogen) atoms. The standard InChI is InChI=1S/C17H26N4/c1-4-5-6-7-12-20-17-15(10-9-14(3)21-17)16(19)11-8-13(2)18/h8-11,18-19H,4-7,12H2,1-3H3,(H,20,21)/b11-8-,18-13?,19-16?. The normalized spacial score (nSPS) is 10.8. The number of hydrogen-bond donors (Lipinski definition) is 3. The summed E-state index contributed by atoms with van der Waals surface area (Å²) in [4.78, 5) is 4.50. The predicted molar refractivity (Wildman–Crippen MR) is 91.0 cm³/mol. The number of unbranched alkanes of at least 4 members (excludes halogenated alkanes) is 3. The van der Waals surface area contributed by atoms with Gasteiger partial charge in [-0.05, 0) is 44.6 Å². The number of aryl methyl sites for hydroxylation is 1. The molecule has 0 atom stereocenters. The summed E-state index contributed by atoms with van der Waals surface area (Å²) in [5.41, 5.74) is 2.54. The van der Waals surface area contributed by atoms with E-state index in [0.29, 0.717) is 11.4 Å². The fraction of sp³-hybridized carbons (Fsp3) is 0.471. The van der Waals surface area contributed by atoms with Crippen molar-refractivity contribution in [1.82, 2.24) is 4.98 Å². The number of anilines is 1. The van der Waals surface area contributed by atoms with E-state index >= 15 is 0 Å². The molecule has 0 aliphatic heterocycles. The maximum absolute atomic E-state index is 8.12. The van der Waals surface area contributed by atoms with Gasteiger partial charge in [0.2, 0.25) is 0 Å². The van der Waals surface area contributed by atoms with Gasteiger partial charge in [0.25, 0.3) is 0 Å². The van der Waals surface area contributed by atoms with E-state index in [2.05, 4.69) is 17.2 Å². The summed E-state index contributed by atoms with van der Waals surface area (Å²) in [5, 5.41) is 18.9. The van der Waals surface area contributed by atoms with E-state index in [1.165, 1.54) is 19.3 Å². The minimum atomic E-state index is 0.380. The molecule has 1 aromatic rings. The average Bonchev–Trinajstić information content (AvgIpc) is 2.44. The van der Waals surface area contributed by atoms with Gasteiger partial charge in [0.15, 0.2) is 0 Å². The second-order valence-corrected chi connectivity index (χ2v) is 5.27. The highest BCUT2D eigenvalue weighted by Crippen LogP contribution is 2.15. The number of pyridine rings is 1. The van der Waals surface area contributed by atoms with Gasteiger partial charge in [-0.25, -0.2) is 4.98 Å². The first-order valence-corrected chi connectivity index (χ1v) is 7.58. The van der Waals surface area contributed by atoms with Crippen molar-refractivity contribution in [3.63, 3.8) is 0 Å². The molecule has 1 heterocycles. The van der Waals surface area contributed by atoms with Crippen molar-refractivity contribution in [3.05, 3.63) is 35.5 Å². The lowest BCUT2D eigenvalue weighted by atomic mass is 10.1. The highest BCUT2D eigenvalue weighted by atomic mass is 15.0. The van der Waals surface area contributed by atoms with Crippen molar-refractivity contribution in [2.45, 2.75) is 46.5 Å². The molecule has 0 aliphatic carbocycles. The summed E-state index contributed by atoms with van der Waals surface area (Å²) in [6.45, 7) is 6.73. The van der Waals surface area contributed by atoms with E-state index in [1.54, 1.807) is 19.1 Å². The Kier molecular flexibility index (Phi) is 7.37. The Morgan fingerprint density at radius 1 is 1.19 bits per heavy atom. The Morgan fingerprint density at radius 3 is 2.62 bits per heavy atom. The van der Waals surface area contributed by atoms with Gasteiger partial charge >= 0.3 is 0 Å². The van der Waals surface area contributed by atoms with Crippen molar-refractivity contribution in [2.24, 2.45) is 0 Å². The third-order valence-electron chi connectivity index (χ3n) is 3.15. The average molecular weight is 286 g/mol. The molecule has 0 unspecified atom stereocenters. The zero-order chi connectivity index (χ0) is 15.7. The first-order valence-electron chi connectivity index (χ1n) is 7.58. The highest BCUT2D eigenvalue weighted by Gasteiger charge is 2.07. The molecule has 0 saturated carbocycles. The topological polar surface area (TPSA) is 72.6 Å². The Morgan fingerprint density at radius 2 is 1.95 bits per heavy atom. The molecule has 0 saturated heterocycles. The molecule has 0 aromatic carbocycles. The molecule has 1 rings (SSSR count). The second-order valence-electron chi connectivity index (χ2n) is 5.27. The molecule has 0 aliphatic rings. The van der Waals surface area contributed by atoms with Gasteiger partial charge in [-0.2, -0.15) is 0 Å². The summed E-state index contributed by atoms with van der Waals surface area (Å²) >= 11 is 0. The van der Waals surface area contributed by atoms with Crippen molar-refractivity contribution in [3.8, 4) is 0 Å². The molecular formula is C17H26N4. The van der Waals surface area contributed by atoms with Crippen LogP contribution in [0.2, 0.25) is 0 Å². The fourth-order valence-electron chi connectivity index (χ4n) is 1.97. The van der Waals surface area contributed by atoms with Crippen LogP contribution in [0.3, 0.4) is 0 Å². The Balaban J connectivity index is 2.75. The molecule has 0 spiro atoms. The SMILES string of the molecule is CCCCCCNc1nc(C)ccc1C(=N)/C=C\C(C)=N. The maximum Gasteiger partial charge on any atom is 0.135 e. The number of aromatic nitrogens is 1. The van der Waals surface area contributed by atoms with Crippen LogP contribution in [0, 0.1) is 17.7 Å². The molecule has 4 heteroatoms. The van der Waals surface area contributed by atoms with E-state index in [1.807, 2.05) is 19.1 Å². The molecule has 4 nitrogen and oxygen atoms in total. The van der Waals surface area contributed by atoms with Gasteiger partial charge in [-0.3, -0.25) is 0 Å². The van der Waals surface area contributed by atoms with Crippen molar-refractivity contribution >= 4 is 17.2 Å². The highest BCUT2D eigenvalue weighted by molar-refractivity contribution is 6.12. The van der Waals surface area contributed by atoms with Crippen LogP contribution < -0.4 is 5.32 Å².